The first-order valence-electron chi connectivity index (χ1n) is 6.64. The van der Waals surface area contributed by atoms with Crippen LogP contribution in [0.2, 0.25) is 0 Å². The minimum absolute atomic E-state index is 0.624. The van der Waals surface area contributed by atoms with Gasteiger partial charge in [0.2, 0.25) is 5.89 Å². The van der Waals surface area contributed by atoms with Crippen molar-refractivity contribution in [1.82, 2.24) is 10.3 Å². The lowest BCUT2D eigenvalue weighted by molar-refractivity contribution is 0.399. The van der Waals surface area contributed by atoms with Gasteiger partial charge in [-0.15, -0.1) is 0 Å². The highest BCUT2D eigenvalue weighted by molar-refractivity contribution is 5.54. The van der Waals surface area contributed by atoms with E-state index in [1.54, 1.807) is 12.5 Å². The summed E-state index contributed by atoms with van der Waals surface area (Å²) in [4.78, 5) is 4.19. The number of oxazole rings is 1. The Morgan fingerprint density at radius 2 is 2.33 bits per heavy atom. The van der Waals surface area contributed by atoms with Gasteiger partial charge >= 0.3 is 0 Å². The lowest BCUT2D eigenvalue weighted by Gasteiger charge is -2.23. The Morgan fingerprint density at radius 3 is 3.11 bits per heavy atom. The Kier molecular flexibility index (Phi) is 3.42. The molecule has 0 bridgehead atoms. The second-order valence-corrected chi connectivity index (χ2v) is 4.89. The highest BCUT2D eigenvalue weighted by Crippen LogP contribution is 2.20. The molecule has 1 aliphatic rings. The molecule has 1 saturated heterocycles. The normalized spacial score (nSPS) is 19.9. The van der Waals surface area contributed by atoms with Crippen LogP contribution in [0.4, 0.5) is 0 Å². The predicted octanol–water partition coefficient (Wildman–Crippen LogP) is 3.03. The van der Waals surface area contributed by atoms with E-state index in [0.29, 0.717) is 11.9 Å². The van der Waals surface area contributed by atoms with Crippen LogP contribution < -0.4 is 5.32 Å². The zero-order valence-electron chi connectivity index (χ0n) is 10.4. The van der Waals surface area contributed by atoms with E-state index in [1.165, 1.54) is 24.8 Å². The predicted molar refractivity (Wildman–Crippen MR) is 71.3 cm³/mol. The van der Waals surface area contributed by atoms with Crippen molar-refractivity contribution in [3.8, 4) is 11.5 Å². The molecule has 94 valence electrons. The van der Waals surface area contributed by atoms with E-state index in [-0.39, 0.29) is 0 Å². The van der Waals surface area contributed by atoms with E-state index < -0.39 is 0 Å². The SMILES string of the molecule is c1cc(CC2CCCCN2)cc(-c2ncco2)c1. The maximum absolute atomic E-state index is 5.34. The van der Waals surface area contributed by atoms with Gasteiger partial charge in [0, 0.05) is 11.6 Å². The Balaban J connectivity index is 1.74. The summed E-state index contributed by atoms with van der Waals surface area (Å²) in [7, 11) is 0. The number of rotatable bonds is 3. The summed E-state index contributed by atoms with van der Waals surface area (Å²) in [6.07, 6.45) is 8.33. The molecule has 0 saturated carbocycles. The van der Waals surface area contributed by atoms with E-state index in [9.17, 15) is 0 Å². The zero-order chi connectivity index (χ0) is 12.2. The maximum Gasteiger partial charge on any atom is 0.225 e. The number of hydrogen-bond donors (Lipinski definition) is 1. The second kappa shape index (κ2) is 5.36. The molecule has 3 rings (SSSR count). The number of nitrogens with zero attached hydrogens (tertiary/aromatic N) is 1. The van der Waals surface area contributed by atoms with Crippen LogP contribution in [-0.2, 0) is 6.42 Å². The summed E-state index contributed by atoms with van der Waals surface area (Å²) in [5.41, 5.74) is 2.42. The molecule has 0 amide bonds. The van der Waals surface area contributed by atoms with Crippen molar-refractivity contribution >= 4 is 0 Å². The first-order valence-corrected chi connectivity index (χ1v) is 6.64. The van der Waals surface area contributed by atoms with Crippen LogP contribution in [0, 0.1) is 0 Å². The molecular formula is C15H18N2O. The van der Waals surface area contributed by atoms with Crippen LogP contribution in [0.25, 0.3) is 11.5 Å². The van der Waals surface area contributed by atoms with Gasteiger partial charge < -0.3 is 9.73 Å². The van der Waals surface area contributed by atoms with Gasteiger partial charge in [0.15, 0.2) is 0 Å². The van der Waals surface area contributed by atoms with Crippen LogP contribution in [0.3, 0.4) is 0 Å². The Labute approximate surface area is 107 Å². The molecule has 2 aromatic rings. The maximum atomic E-state index is 5.34. The van der Waals surface area contributed by atoms with E-state index in [4.69, 9.17) is 4.42 Å². The van der Waals surface area contributed by atoms with Crippen molar-refractivity contribution in [1.29, 1.82) is 0 Å². The summed E-state index contributed by atoms with van der Waals surface area (Å²) < 4.78 is 5.34. The first kappa shape index (κ1) is 11.5. The number of aromatic nitrogens is 1. The van der Waals surface area contributed by atoms with Crippen molar-refractivity contribution in [2.75, 3.05) is 6.54 Å². The minimum atomic E-state index is 0.624. The van der Waals surface area contributed by atoms with Gasteiger partial charge in [0.25, 0.3) is 0 Å². The third-order valence-electron chi connectivity index (χ3n) is 3.50. The second-order valence-electron chi connectivity index (χ2n) is 4.89. The molecule has 1 unspecified atom stereocenters. The standard InChI is InChI=1S/C15H18N2O/c1-2-7-16-14(6-1)11-12-4-3-5-13(10-12)15-17-8-9-18-15/h3-5,8-10,14,16H,1-2,6-7,11H2. The number of benzene rings is 1. The van der Waals surface area contributed by atoms with E-state index >= 15 is 0 Å². The third kappa shape index (κ3) is 2.62. The van der Waals surface area contributed by atoms with Gasteiger partial charge in [-0.25, -0.2) is 4.98 Å². The van der Waals surface area contributed by atoms with Crippen LogP contribution in [0.15, 0.2) is 41.1 Å². The summed E-state index contributed by atoms with van der Waals surface area (Å²) in [5.74, 6) is 0.702. The Bertz CT molecular complexity index is 487. The average Bonchev–Trinajstić information content (AvgIpc) is 2.94. The quantitative estimate of drug-likeness (QED) is 0.899. The van der Waals surface area contributed by atoms with Crippen molar-refractivity contribution < 1.29 is 4.42 Å². The van der Waals surface area contributed by atoms with Gasteiger partial charge in [-0.1, -0.05) is 18.6 Å². The van der Waals surface area contributed by atoms with Crippen molar-refractivity contribution in [3.05, 3.63) is 42.3 Å². The smallest absolute Gasteiger partial charge is 0.225 e. The molecule has 1 fully saturated rings. The first-order chi connectivity index (χ1) is 8.92. The lowest BCUT2D eigenvalue weighted by atomic mass is 9.97. The van der Waals surface area contributed by atoms with E-state index in [2.05, 4.69) is 28.5 Å². The van der Waals surface area contributed by atoms with Crippen LogP contribution in [-0.4, -0.2) is 17.6 Å². The van der Waals surface area contributed by atoms with Gasteiger partial charge in [-0.2, -0.15) is 0 Å². The molecule has 1 aromatic carbocycles. The molecule has 0 spiro atoms. The Morgan fingerprint density at radius 1 is 1.33 bits per heavy atom. The molecule has 1 aromatic heterocycles. The minimum Gasteiger partial charge on any atom is -0.445 e. The van der Waals surface area contributed by atoms with Gasteiger partial charge in [0.1, 0.15) is 6.26 Å². The van der Waals surface area contributed by atoms with Gasteiger partial charge in [-0.05, 0) is 43.5 Å². The van der Waals surface area contributed by atoms with Crippen LogP contribution in [0.5, 0.6) is 0 Å². The molecule has 3 heteroatoms. The molecule has 18 heavy (non-hydrogen) atoms. The largest absolute Gasteiger partial charge is 0.445 e. The van der Waals surface area contributed by atoms with Crippen molar-refractivity contribution in [2.45, 2.75) is 31.7 Å². The zero-order valence-corrected chi connectivity index (χ0v) is 10.4. The number of nitrogens with one attached hydrogen (secondary N) is 1. The molecule has 1 N–H and O–H groups in total. The molecule has 3 nitrogen and oxygen atoms in total. The summed E-state index contributed by atoms with van der Waals surface area (Å²) >= 11 is 0. The topological polar surface area (TPSA) is 38.1 Å². The highest BCUT2D eigenvalue weighted by Gasteiger charge is 2.13. The van der Waals surface area contributed by atoms with Gasteiger partial charge in [-0.3, -0.25) is 0 Å². The Hall–Kier alpha value is -1.61. The molecule has 2 heterocycles. The molecule has 0 radical (unpaired) electrons. The van der Waals surface area contributed by atoms with E-state index in [1.807, 2.05) is 6.07 Å². The average molecular weight is 242 g/mol. The summed E-state index contributed by atoms with van der Waals surface area (Å²) in [6.45, 7) is 1.16. The lowest BCUT2D eigenvalue weighted by Crippen LogP contribution is -2.35. The van der Waals surface area contributed by atoms with Gasteiger partial charge in [0.05, 0.1) is 6.20 Å². The van der Waals surface area contributed by atoms with E-state index in [0.717, 1.165) is 18.5 Å². The number of hydrogen-bond acceptors (Lipinski definition) is 3. The molecule has 1 aliphatic heterocycles. The summed E-state index contributed by atoms with van der Waals surface area (Å²) in [5, 5.41) is 3.58. The molecule has 0 aliphatic carbocycles. The molecule has 1 atom stereocenters. The van der Waals surface area contributed by atoms with Crippen molar-refractivity contribution in [2.24, 2.45) is 0 Å². The fourth-order valence-corrected chi connectivity index (χ4v) is 2.58. The van der Waals surface area contributed by atoms with Crippen LogP contribution in [0.1, 0.15) is 24.8 Å². The monoisotopic (exact) mass is 242 g/mol. The molecular weight excluding hydrogens is 224 g/mol. The fourth-order valence-electron chi connectivity index (χ4n) is 2.58. The van der Waals surface area contributed by atoms with Crippen LogP contribution >= 0.6 is 0 Å². The van der Waals surface area contributed by atoms with Crippen molar-refractivity contribution in [3.63, 3.8) is 0 Å². The number of piperidine rings is 1. The fraction of sp³-hybridized carbons (Fsp3) is 0.400. The highest BCUT2D eigenvalue weighted by atomic mass is 16.3. The third-order valence-corrected chi connectivity index (χ3v) is 3.50. The summed E-state index contributed by atoms with van der Waals surface area (Å²) in [6, 6.07) is 9.12.